The third-order valence-corrected chi connectivity index (χ3v) is 16.3. The second-order valence-corrected chi connectivity index (χ2v) is 22.1. The van der Waals surface area contributed by atoms with Gasteiger partial charge in [-0.05, 0) is 90.6 Å². The topological polar surface area (TPSA) is 307 Å². The van der Waals surface area contributed by atoms with Gasteiger partial charge in [0.2, 0.25) is 6.29 Å². The van der Waals surface area contributed by atoms with E-state index < -0.39 is 159 Å². The first-order chi connectivity index (χ1) is 36.6. The number of fused-ring (bicyclic) bond motifs is 3. The molecule has 0 aromatic heterocycles. The number of aliphatic hydroxyl groups is 6. The highest BCUT2D eigenvalue weighted by molar-refractivity contribution is 6.42. The van der Waals surface area contributed by atoms with Crippen molar-refractivity contribution in [3.63, 3.8) is 0 Å². The smallest absolute Gasteiger partial charge is 0.202 e. The fourth-order valence-corrected chi connectivity index (χ4v) is 12.2. The minimum Gasteiger partial charge on any atom is -0.507 e. The number of carbonyl (C=O) groups is 2. The minimum atomic E-state index is -1.38. The Labute approximate surface area is 445 Å². The summed E-state index contributed by atoms with van der Waals surface area (Å²) >= 11 is 0. The molecule has 2 aromatic rings. The molecule has 6 aliphatic heterocycles. The second kappa shape index (κ2) is 23.0. The second-order valence-electron chi connectivity index (χ2n) is 22.1. The van der Waals surface area contributed by atoms with Gasteiger partial charge >= 0.3 is 0 Å². The van der Waals surface area contributed by atoms with Crippen molar-refractivity contribution in [3.05, 3.63) is 57.7 Å². The number of aliphatic hydroxyl groups excluding tert-OH is 6. The van der Waals surface area contributed by atoms with E-state index in [2.05, 4.69) is 0 Å². The Bertz CT molecular complexity index is 2480. The normalized spacial score (nSPS) is 42.6. The standard InChI is InChI=1S/C55H74O22/c1-21-14-28-16-32(59)47-49(45(28)31(58)15-21)53(65)46-30(57)8-10-36(48(46)52(47)64)73-42-18-34(61)55(27(7)71-42)77-44-20-38(51(63)25(5)69-44)75-40-13-11-35(23(3)67-40)72-41-17-33(60)54(26(6)70-41)76-43-19-37(50(62)24(4)68-43)74-39-12-9-29(56)22(2)66-39/h8,10,14-15,22-27,29,32-35,37-44,50-51,54-63H,9,11-13,16-20H2,1-7H3/t22-,23-,24+,25+,26+,27+,29-,32+,33+,34+,35-,37+,38+,39-,40-,41-,42-,43-,44-,50+,51+,54+,55+/m0/s1/i8+1,21+1,28+1,31+1,32+1,36+1,46+1,49+1,52+1,58+2,73+2. The number of benzene rings is 2. The van der Waals surface area contributed by atoms with Crippen LogP contribution < -0.4 is 4.74 Å². The minimum absolute atomic E-state index is 0.0260. The van der Waals surface area contributed by atoms with Crippen LogP contribution in [0.25, 0.3) is 5.57 Å². The van der Waals surface area contributed by atoms with Crippen molar-refractivity contribution in [3.8, 4) is 17.2 Å². The van der Waals surface area contributed by atoms with Gasteiger partial charge < -0.3 is 97.7 Å². The summed E-state index contributed by atoms with van der Waals surface area (Å²) in [6.07, 6.45) is -16.2. The monoisotopic (exact) mass is 1100 g/mol. The van der Waals surface area contributed by atoms with Gasteiger partial charge in [0.25, 0.3) is 0 Å². The van der Waals surface area contributed by atoms with Crippen LogP contribution >= 0.6 is 0 Å². The molecular weight excluding hydrogens is 1030 g/mol. The Morgan fingerprint density at radius 2 is 1.09 bits per heavy atom. The summed E-state index contributed by atoms with van der Waals surface area (Å²) in [6, 6.07) is 5.70. The number of phenolic OH excluding ortho intramolecular Hbond substituents is 2. The van der Waals surface area contributed by atoms with Crippen LogP contribution in [0.4, 0.5) is 0 Å². The summed E-state index contributed by atoms with van der Waals surface area (Å²) < 4.78 is 74.1. The molecule has 2 aromatic carbocycles. The van der Waals surface area contributed by atoms with Gasteiger partial charge in [-0.1, -0.05) is 6.07 Å². The van der Waals surface area contributed by atoms with Gasteiger partial charge in [-0.3, -0.25) is 9.59 Å². The summed E-state index contributed by atoms with van der Waals surface area (Å²) in [4.78, 5) is 28.4. The first-order valence-electron chi connectivity index (χ1n) is 27.1. The number of carbonyl (C=O) groups excluding carboxylic acids is 2. The molecule has 0 amide bonds. The van der Waals surface area contributed by atoms with E-state index in [1.165, 1.54) is 18.2 Å². The van der Waals surface area contributed by atoms with Crippen LogP contribution in [0, 0.1) is 6.92 Å². The maximum atomic E-state index is 14.2. The lowest BCUT2D eigenvalue weighted by atomic mass is 9.99. The molecule has 0 unspecified atom stereocenters. The van der Waals surface area contributed by atoms with E-state index in [1.807, 2.05) is 6.92 Å². The molecule has 22 heteroatoms. The highest BCUT2D eigenvalue weighted by atomic mass is 18.4. The van der Waals surface area contributed by atoms with E-state index in [1.54, 1.807) is 47.6 Å². The van der Waals surface area contributed by atoms with Crippen molar-refractivity contribution in [2.24, 2.45) is 0 Å². The molecule has 8 aliphatic rings. The fraction of sp³-hybridized carbons (Fsp3) is 0.709. The zero-order chi connectivity index (χ0) is 54.9. The lowest BCUT2D eigenvalue weighted by Crippen LogP contribution is -2.56. The summed E-state index contributed by atoms with van der Waals surface area (Å²) in [7, 11) is 0. The van der Waals surface area contributed by atoms with Crippen molar-refractivity contribution in [2.45, 2.75) is 248 Å². The lowest BCUT2D eigenvalue weighted by Gasteiger charge is -2.45. The van der Waals surface area contributed by atoms with Gasteiger partial charge in [0.05, 0.1) is 90.5 Å². The summed E-state index contributed by atoms with van der Waals surface area (Å²) in [5.41, 5.74) is 0.302. The number of ketones is 2. The van der Waals surface area contributed by atoms with E-state index >= 15 is 0 Å². The molecule has 426 valence electrons. The van der Waals surface area contributed by atoms with Crippen molar-refractivity contribution >= 4 is 17.1 Å². The maximum Gasteiger partial charge on any atom is 0.202 e. The number of allylic oxidation sites excluding steroid dienone is 1. The lowest BCUT2D eigenvalue weighted by molar-refractivity contribution is -0.340. The van der Waals surface area contributed by atoms with Crippen molar-refractivity contribution < 1.29 is 107 Å². The number of Topliss-reactive ketones (excluding diaryl/α,β-unsaturated/α-hetero) is 2. The zero-order valence-electron chi connectivity index (χ0n) is 44.2. The predicted octanol–water partition coefficient (Wildman–Crippen LogP) is 2.85. The van der Waals surface area contributed by atoms with E-state index in [0.29, 0.717) is 36.8 Å². The molecule has 0 saturated carbocycles. The van der Waals surface area contributed by atoms with Gasteiger partial charge in [-0.25, -0.2) is 0 Å². The molecule has 77 heavy (non-hydrogen) atoms. The molecule has 2 aliphatic carbocycles. The first-order valence-corrected chi connectivity index (χ1v) is 27.1. The summed E-state index contributed by atoms with van der Waals surface area (Å²) in [5, 5.41) is 88.0. The molecule has 22 nitrogen and oxygen atoms in total. The number of hydrogen-bond acceptors (Lipinski definition) is 22. The molecule has 6 heterocycles. The quantitative estimate of drug-likeness (QED) is 0.112. The van der Waals surface area contributed by atoms with E-state index in [-0.39, 0.29) is 71.4 Å². The fourth-order valence-electron chi connectivity index (χ4n) is 12.2. The molecule has 6 saturated heterocycles. The average Bonchev–Trinajstić information content (AvgIpc) is 3.47. The third-order valence-electron chi connectivity index (χ3n) is 16.3. The maximum absolute atomic E-state index is 14.2. The molecule has 8 N–H and O–H groups in total. The molecule has 0 radical (unpaired) electrons. The van der Waals surface area contributed by atoms with Crippen LogP contribution in [0.15, 0.2) is 29.8 Å². The van der Waals surface area contributed by atoms with E-state index in [0.717, 1.165) is 0 Å². The molecule has 10 rings (SSSR count). The van der Waals surface area contributed by atoms with Gasteiger partial charge in [-0.2, -0.15) is 0 Å². The number of rotatable bonds is 12. The number of phenols is 2. The first kappa shape index (κ1) is 56.5. The largest absolute Gasteiger partial charge is 0.507 e. The Balaban J connectivity index is 0.699. The van der Waals surface area contributed by atoms with E-state index in [4.69, 9.17) is 56.8 Å². The number of aromatic hydroxyl groups is 2. The highest BCUT2D eigenvalue weighted by Gasteiger charge is 2.49. The van der Waals surface area contributed by atoms with Crippen LogP contribution in [0.1, 0.15) is 130 Å². The van der Waals surface area contributed by atoms with Gasteiger partial charge in [-0.15, -0.1) is 0 Å². The van der Waals surface area contributed by atoms with Crippen molar-refractivity contribution in [1.82, 2.24) is 0 Å². The highest BCUT2D eigenvalue weighted by Crippen LogP contribution is 2.48. The summed E-state index contributed by atoms with van der Waals surface area (Å²) in [6.45, 7) is 12.2. The SMILES string of the molecule is C[C@@H]1O[C@@H](O[C@@H]2C[C@H](O[C@H]3[C@H](O)C[C@H]([18O][13c]4c[13cH]c(O)[13c]5c4[13C](=O)C4=[13C](C5=O)c5[13c]([18OH])c[13c](C)c[13c]5C[13C@H]4O)O[C@@H]3C)O[C@H](C)[C@H]2O)CC[C@@H]1O[C@H]1C[C@@H](O)[C@H](O[C@H]2C[C@@H](O[C@H]3CC[C@H](O)[C@H](C)O3)[C@H](O)[C@@H](C)O2)[C@@H](C)O1. The Kier molecular flexibility index (Phi) is 16.9. The molecule has 6 fully saturated rings. The van der Waals surface area contributed by atoms with Crippen molar-refractivity contribution in [2.75, 3.05) is 0 Å². The van der Waals surface area contributed by atoms with Crippen LogP contribution in [-0.2, 0) is 58.5 Å². The Hall–Kier alpha value is -3.76. The van der Waals surface area contributed by atoms with Crippen molar-refractivity contribution in [1.29, 1.82) is 0 Å². The molecule has 23 atom stereocenters. The third kappa shape index (κ3) is 11.6. The predicted molar refractivity (Wildman–Crippen MR) is 264 cm³/mol. The van der Waals surface area contributed by atoms with Crippen LogP contribution in [0.3, 0.4) is 0 Å². The Morgan fingerprint density at radius 1 is 0.545 bits per heavy atom. The average molecular weight is 1100 g/mol. The van der Waals surface area contributed by atoms with E-state index in [9.17, 15) is 50.4 Å². The summed E-state index contributed by atoms with van der Waals surface area (Å²) in [5.74, 6) is -2.36. The zero-order valence-corrected chi connectivity index (χ0v) is 44.2. The van der Waals surface area contributed by atoms with Crippen LogP contribution in [0.2, 0.25) is 0 Å². The van der Waals surface area contributed by atoms with Crippen LogP contribution in [-0.4, -0.2) is 194 Å². The van der Waals surface area contributed by atoms with Crippen LogP contribution in [0.5, 0.6) is 17.2 Å². The molecular formula is C55H74O22. The Morgan fingerprint density at radius 3 is 1.69 bits per heavy atom. The van der Waals surface area contributed by atoms with Gasteiger partial charge in [0, 0.05) is 61.7 Å². The molecule has 0 bridgehead atoms. The molecule has 0 spiro atoms. The number of hydrogen-bond donors (Lipinski definition) is 8. The van der Waals surface area contributed by atoms with Gasteiger partial charge in [0.15, 0.2) is 43.0 Å². The number of ether oxygens (including phenoxy) is 12. The number of aryl methyl sites for hydroxylation is 1. The van der Waals surface area contributed by atoms with Gasteiger partial charge in [0.1, 0.15) is 41.7 Å².